The summed E-state index contributed by atoms with van der Waals surface area (Å²) in [4.78, 5) is 14.5. The topological polar surface area (TPSA) is 52.6 Å². The van der Waals surface area contributed by atoms with Crippen LogP contribution in [0.3, 0.4) is 0 Å². The molecule has 0 bridgehead atoms. The van der Waals surface area contributed by atoms with Crippen molar-refractivity contribution >= 4 is 5.91 Å². The molecule has 1 aromatic carbocycles. The van der Waals surface area contributed by atoms with Crippen LogP contribution >= 0.6 is 0 Å². The molecule has 0 radical (unpaired) electrons. The van der Waals surface area contributed by atoms with Crippen LogP contribution in [0.5, 0.6) is 0 Å². The van der Waals surface area contributed by atoms with Crippen LogP contribution in [0.2, 0.25) is 0 Å². The van der Waals surface area contributed by atoms with Gasteiger partial charge in [0.15, 0.2) is 0 Å². The molecule has 2 rings (SSSR count). The standard InChI is InChI=1S/C16H24N2O2/c1-17-9-6-14-4-2-3-5-15(14)16(20)18-10-7-13(12-19)8-11-18/h2-5,13,17,19H,6-12H2,1H3. The van der Waals surface area contributed by atoms with E-state index in [-0.39, 0.29) is 12.5 Å². The molecular weight excluding hydrogens is 252 g/mol. The van der Waals surface area contributed by atoms with Crippen LogP contribution in [0.1, 0.15) is 28.8 Å². The summed E-state index contributed by atoms with van der Waals surface area (Å²) in [6.07, 6.45) is 2.67. The van der Waals surface area contributed by atoms with Crippen molar-refractivity contribution in [2.45, 2.75) is 19.3 Å². The normalized spacial score (nSPS) is 16.4. The number of amides is 1. The van der Waals surface area contributed by atoms with Gasteiger partial charge in [-0.05, 0) is 50.4 Å². The van der Waals surface area contributed by atoms with Gasteiger partial charge in [-0.25, -0.2) is 0 Å². The van der Waals surface area contributed by atoms with Crippen molar-refractivity contribution in [3.8, 4) is 0 Å². The van der Waals surface area contributed by atoms with E-state index in [1.807, 2.05) is 36.2 Å². The number of nitrogens with one attached hydrogen (secondary N) is 1. The van der Waals surface area contributed by atoms with Gasteiger partial charge >= 0.3 is 0 Å². The lowest BCUT2D eigenvalue weighted by molar-refractivity contribution is 0.0650. The molecule has 0 spiro atoms. The van der Waals surface area contributed by atoms with Gasteiger partial charge in [0.25, 0.3) is 5.91 Å². The molecule has 20 heavy (non-hydrogen) atoms. The van der Waals surface area contributed by atoms with Crippen LogP contribution in [0.15, 0.2) is 24.3 Å². The number of likely N-dealkylation sites (N-methyl/N-ethyl adjacent to an activating group) is 1. The molecule has 4 heteroatoms. The third kappa shape index (κ3) is 3.58. The largest absolute Gasteiger partial charge is 0.396 e. The van der Waals surface area contributed by atoms with Gasteiger partial charge in [0, 0.05) is 25.3 Å². The van der Waals surface area contributed by atoms with Gasteiger partial charge < -0.3 is 15.3 Å². The van der Waals surface area contributed by atoms with Gasteiger partial charge in [0.05, 0.1) is 0 Å². The van der Waals surface area contributed by atoms with Crippen LogP contribution in [0.25, 0.3) is 0 Å². The Labute approximate surface area is 120 Å². The Morgan fingerprint density at radius 1 is 1.35 bits per heavy atom. The maximum Gasteiger partial charge on any atom is 0.254 e. The van der Waals surface area contributed by atoms with Crippen molar-refractivity contribution in [1.29, 1.82) is 0 Å². The number of nitrogens with zero attached hydrogens (tertiary/aromatic N) is 1. The monoisotopic (exact) mass is 276 g/mol. The number of aliphatic hydroxyl groups is 1. The van der Waals surface area contributed by atoms with Crippen LogP contribution in [-0.2, 0) is 6.42 Å². The zero-order valence-corrected chi connectivity index (χ0v) is 12.1. The fourth-order valence-corrected chi connectivity index (χ4v) is 2.70. The Hall–Kier alpha value is -1.39. The summed E-state index contributed by atoms with van der Waals surface area (Å²) in [5.41, 5.74) is 1.93. The molecule has 2 N–H and O–H groups in total. The average Bonchev–Trinajstić information content (AvgIpc) is 2.52. The summed E-state index contributed by atoms with van der Waals surface area (Å²) in [5.74, 6) is 0.492. The van der Waals surface area contributed by atoms with Gasteiger partial charge in [0.2, 0.25) is 0 Å². The number of benzene rings is 1. The molecule has 1 saturated heterocycles. The predicted octanol–water partition coefficient (Wildman–Crippen LogP) is 1.29. The summed E-state index contributed by atoms with van der Waals surface area (Å²) in [6, 6.07) is 7.87. The Bertz CT molecular complexity index is 440. The highest BCUT2D eigenvalue weighted by Gasteiger charge is 2.24. The summed E-state index contributed by atoms with van der Waals surface area (Å²) in [6.45, 7) is 2.62. The number of hydrogen-bond donors (Lipinski definition) is 2. The minimum absolute atomic E-state index is 0.132. The van der Waals surface area contributed by atoms with Crippen molar-refractivity contribution in [2.75, 3.05) is 33.3 Å². The van der Waals surface area contributed by atoms with E-state index in [0.29, 0.717) is 5.92 Å². The van der Waals surface area contributed by atoms with E-state index >= 15 is 0 Å². The molecule has 110 valence electrons. The Morgan fingerprint density at radius 3 is 2.70 bits per heavy atom. The van der Waals surface area contributed by atoms with E-state index in [4.69, 9.17) is 5.11 Å². The minimum Gasteiger partial charge on any atom is -0.396 e. The second kappa shape index (κ2) is 7.41. The first-order chi connectivity index (χ1) is 9.76. The zero-order chi connectivity index (χ0) is 14.4. The molecule has 0 unspecified atom stereocenters. The summed E-state index contributed by atoms with van der Waals surface area (Å²) in [7, 11) is 1.92. The number of aliphatic hydroxyl groups excluding tert-OH is 1. The molecular formula is C16H24N2O2. The van der Waals surface area contributed by atoms with Crippen LogP contribution in [0.4, 0.5) is 0 Å². The summed E-state index contributed by atoms with van der Waals surface area (Å²) >= 11 is 0. The smallest absolute Gasteiger partial charge is 0.254 e. The molecule has 4 nitrogen and oxygen atoms in total. The minimum atomic E-state index is 0.132. The summed E-state index contributed by atoms with van der Waals surface area (Å²) < 4.78 is 0. The quantitative estimate of drug-likeness (QED) is 0.852. The zero-order valence-electron chi connectivity index (χ0n) is 12.1. The maximum atomic E-state index is 12.6. The van der Waals surface area contributed by atoms with Crippen molar-refractivity contribution in [3.63, 3.8) is 0 Å². The number of carbonyl (C=O) groups is 1. The molecule has 1 aliphatic rings. The molecule has 1 heterocycles. The number of piperidine rings is 1. The van der Waals surface area contributed by atoms with E-state index in [1.165, 1.54) is 0 Å². The predicted molar refractivity (Wildman–Crippen MR) is 79.8 cm³/mol. The van der Waals surface area contributed by atoms with E-state index in [9.17, 15) is 4.79 Å². The third-order valence-corrected chi connectivity index (χ3v) is 4.05. The second-order valence-corrected chi connectivity index (χ2v) is 5.43. The molecule has 1 aromatic rings. The number of carbonyl (C=O) groups excluding carboxylic acids is 1. The van der Waals surface area contributed by atoms with E-state index in [1.54, 1.807) is 0 Å². The average molecular weight is 276 g/mol. The van der Waals surface area contributed by atoms with Crippen LogP contribution in [0, 0.1) is 5.92 Å². The molecule has 0 aliphatic carbocycles. The van der Waals surface area contributed by atoms with E-state index in [0.717, 1.165) is 50.0 Å². The van der Waals surface area contributed by atoms with Crippen molar-refractivity contribution < 1.29 is 9.90 Å². The lowest BCUT2D eigenvalue weighted by Gasteiger charge is -2.31. The first-order valence-corrected chi connectivity index (χ1v) is 7.39. The van der Waals surface area contributed by atoms with Gasteiger partial charge in [-0.15, -0.1) is 0 Å². The summed E-state index contributed by atoms with van der Waals surface area (Å²) in [5, 5.41) is 12.3. The Kier molecular flexibility index (Phi) is 5.56. The second-order valence-electron chi connectivity index (χ2n) is 5.43. The van der Waals surface area contributed by atoms with Gasteiger partial charge in [-0.3, -0.25) is 4.79 Å². The van der Waals surface area contributed by atoms with Crippen molar-refractivity contribution in [1.82, 2.24) is 10.2 Å². The first-order valence-electron chi connectivity index (χ1n) is 7.39. The highest BCUT2D eigenvalue weighted by molar-refractivity contribution is 5.95. The molecule has 1 amide bonds. The molecule has 1 fully saturated rings. The first kappa shape index (κ1) is 15.0. The van der Waals surface area contributed by atoms with Gasteiger partial charge in [-0.2, -0.15) is 0 Å². The molecule has 0 aromatic heterocycles. The van der Waals surface area contributed by atoms with Crippen molar-refractivity contribution in [3.05, 3.63) is 35.4 Å². The van der Waals surface area contributed by atoms with Gasteiger partial charge in [-0.1, -0.05) is 18.2 Å². The Morgan fingerprint density at radius 2 is 2.05 bits per heavy atom. The number of likely N-dealkylation sites (tertiary alicyclic amines) is 1. The van der Waals surface area contributed by atoms with Gasteiger partial charge in [0.1, 0.15) is 0 Å². The van der Waals surface area contributed by atoms with Crippen LogP contribution < -0.4 is 5.32 Å². The maximum absolute atomic E-state index is 12.6. The molecule has 0 atom stereocenters. The highest BCUT2D eigenvalue weighted by Crippen LogP contribution is 2.20. The fraction of sp³-hybridized carbons (Fsp3) is 0.562. The van der Waals surface area contributed by atoms with Crippen molar-refractivity contribution in [2.24, 2.45) is 5.92 Å². The van der Waals surface area contributed by atoms with E-state index in [2.05, 4.69) is 5.32 Å². The highest BCUT2D eigenvalue weighted by atomic mass is 16.3. The Balaban J connectivity index is 2.05. The van der Waals surface area contributed by atoms with E-state index < -0.39 is 0 Å². The lowest BCUT2D eigenvalue weighted by Crippen LogP contribution is -2.39. The number of rotatable bonds is 5. The third-order valence-electron chi connectivity index (χ3n) is 4.05. The number of hydrogen-bond acceptors (Lipinski definition) is 3. The SMILES string of the molecule is CNCCc1ccccc1C(=O)N1CCC(CO)CC1. The lowest BCUT2D eigenvalue weighted by atomic mass is 9.96. The van der Waals surface area contributed by atoms with Crippen LogP contribution in [-0.4, -0.2) is 49.2 Å². The fourth-order valence-electron chi connectivity index (χ4n) is 2.70. The molecule has 1 aliphatic heterocycles. The molecule has 0 saturated carbocycles.